The van der Waals surface area contributed by atoms with Crippen LogP contribution in [0.3, 0.4) is 0 Å². The van der Waals surface area contributed by atoms with Crippen molar-refractivity contribution in [3.8, 4) is 0 Å². The second-order valence-corrected chi connectivity index (χ2v) is 7.85. The van der Waals surface area contributed by atoms with Crippen LogP contribution in [0.15, 0.2) is 12.3 Å². The Labute approximate surface area is 143 Å². The maximum Gasteiger partial charge on any atom is 0.142 e. The molecule has 2 nitrogen and oxygen atoms in total. The Hall–Kier alpha value is -0.670. The SMILES string of the molecule is CC1CCOC(CCC2CCC(c3ncc(F)cc3Cl)CC2)C1. The standard InChI is InChI=1S/C19H27ClFNO/c1-13-8-9-23-17(10-13)7-4-14-2-5-15(6-3-14)19-18(20)11-16(21)12-22-19/h11-15,17H,2-10H2,1H3. The number of ether oxygens (including phenoxy) is 1. The molecule has 2 fully saturated rings. The minimum atomic E-state index is -0.353. The molecule has 128 valence electrons. The fraction of sp³-hybridized carbons (Fsp3) is 0.737. The summed E-state index contributed by atoms with van der Waals surface area (Å²) in [5.41, 5.74) is 0.885. The molecule has 0 amide bonds. The highest BCUT2D eigenvalue weighted by atomic mass is 35.5. The lowest BCUT2D eigenvalue weighted by Gasteiger charge is -2.31. The number of pyridine rings is 1. The smallest absolute Gasteiger partial charge is 0.142 e. The van der Waals surface area contributed by atoms with Crippen LogP contribution in [0.5, 0.6) is 0 Å². The molecule has 4 heteroatoms. The first-order valence-electron chi connectivity index (χ1n) is 9.04. The summed E-state index contributed by atoms with van der Waals surface area (Å²) in [5, 5.41) is 0.484. The highest BCUT2D eigenvalue weighted by molar-refractivity contribution is 6.31. The van der Waals surface area contributed by atoms with Gasteiger partial charge in [-0.3, -0.25) is 4.98 Å². The molecule has 1 aliphatic carbocycles. The third-order valence-corrected chi connectivity index (χ3v) is 5.90. The Balaban J connectivity index is 1.45. The zero-order valence-electron chi connectivity index (χ0n) is 13.9. The molecule has 1 saturated heterocycles. The van der Waals surface area contributed by atoms with Gasteiger partial charge in [-0.05, 0) is 69.3 Å². The molecular formula is C19H27ClFNO. The van der Waals surface area contributed by atoms with Crippen molar-refractivity contribution in [3.05, 3.63) is 28.8 Å². The molecule has 1 aromatic heterocycles. The van der Waals surface area contributed by atoms with Crippen LogP contribution < -0.4 is 0 Å². The van der Waals surface area contributed by atoms with E-state index in [1.807, 2.05) is 0 Å². The van der Waals surface area contributed by atoms with Gasteiger partial charge in [0.25, 0.3) is 0 Å². The van der Waals surface area contributed by atoms with E-state index in [4.69, 9.17) is 16.3 Å². The van der Waals surface area contributed by atoms with Gasteiger partial charge in [0.05, 0.1) is 23.0 Å². The zero-order valence-corrected chi connectivity index (χ0v) is 14.7. The van der Waals surface area contributed by atoms with Gasteiger partial charge in [-0.15, -0.1) is 0 Å². The van der Waals surface area contributed by atoms with Crippen LogP contribution in [-0.2, 0) is 4.74 Å². The summed E-state index contributed by atoms with van der Waals surface area (Å²) in [6.07, 6.45) is 11.4. The lowest BCUT2D eigenvalue weighted by atomic mass is 9.78. The first-order valence-corrected chi connectivity index (χ1v) is 9.42. The number of rotatable bonds is 4. The molecule has 1 aliphatic heterocycles. The number of aromatic nitrogens is 1. The first kappa shape index (κ1) is 17.2. The highest BCUT2D eigenvalue weighted by Gasteiger charge is 2.26. The van der Waals surface area contributed by atoms with Crippen molar-refractivity contribution in [2.24, 2.45) is 11.8 Å². The lowest BCUT2D eigenvalue weighted by molar-refractivity contribution is -0.0132. The molecule has 0 spiro atoms. The van der Waals surface area contributed by atoms with Gasteiger partial charge in [-0.1, -0.05) is 18.5 Å². The Kier molecular flexibility index (Phi) is 5.92. The van der Waals surface area contributed by atoms with Crippen molar-refractivity contribution in [1.82, 2.24) is 4.98 Å². The second kappa shape index (κ2) is 7.94. The average molecular weight is 340 g/mol. The number of nitrogens with zero attached hydrogens (tertiary/aromatic N) is 1. The number of halogens is 2. The van der Waals surface area contributed by atoms with Gasteiger partial charge in [0.2, 0.25) is 0 Å². The van der Waals surface area contributed by atoms with E-state index in [0.717, 1.165) is 37.0 Å². The minimum Gasteiger partial charge on any atom is -0.378 e. The Morgan fingerprint density at radius 1 is 1.22 bits per heavy atom. The molecule has 1 aromatic rings. The van der Waals surface area contributed by atoms with E-state index >= 15 is 0 Å². The van der Waals surface area contributed by atoms with Crippen LogP contribution in [0.4, 0.5) is 4.39 Å². The van der Waals surface area contributed by atoms with Crippen LogP contribution in [0.1, 0.15) is 69.9 Å². The molecular weight excluding hydrogens is 313 g/mol. The maximum absolute atomic E-state index is 13.1. The molecule has 2 unspecified atom stereocenters. The van der Waals surface area contributed by atoms with Gasteiger partial charge in [0.15, 0.2) is 0 Å². The minimum absolute atomic E-state index is 0.353. The van der Waals surface area contributed by atoms with E-state index in [2.05, 4.69) is 11.9 Å². The summed E-state index contributed by atoms with van der Waals surface area (Å²) in [4.78, 5) is 4.23. The van der Waals surface area contributed by atoms with E-state index in [-0.39, 0.29) is 5.82 Å². The Morgan fingerprint density at radius 2 is 2.00 bits per heavy atom. The average Bonchev–Trinajstić information content (AvgIpc) is 2.54. The highest BCUT2D eigenvalue weighted by Crippen LogP contribution is 2.39. The fourth-order valence-electron chi connectivity index (χ4n) is 4.14. The second-order valence-electron chi connectivity index (χ2n) is 7.44. The molecule has 2 atom stereocenters. The number of hydrogen-bond donors (Lipinski definition) is 0. The molecule has 23 heavy (non-hydrogen) atoms. The van der Waals surface area contributed by atoms with Crippen molar-refractivity contribution < 1.29 is 9.13 Å². The Bertz CT molecular complexity index is 516. The van der Waals surface area contributed by atoms with Crippen molar-refractivity contribution in [2.75, 3.05) is 6.61 Å². The van der Waals surface area contributed by atoms with Crippen LogP contribution in [0, 0.1) is 17.7 Å². The van der Waals surface area contributed by atoms with E-state index in [9.17, 15) is 4.39 Å². The molecule has 2 heterocycles. The molecule has 0 bridgehead atoms. The van der Waals surface area contributed by atoms with E-state index in [1.165, 1.54) is 50.8 Å². The summed E-state index contributed by atoms with van der Waals surface area (Å²) in [6, 6.07) is 1.39. The number of hydrogen-bond acceptors (Lipinski definition) is 2. The molecule has 3 rings (SSSR count). The van der Waals surface area contributed by atoms with Crippen molar-refractivity contribution in [2.45, 2.75) is 70.3 Å². The van der Waals surface area contributed by atoms with Gasteiger partial charge in [0, 0.05) is 12.5 Å². The maximum atomic E-state index is 13.1. The largest absolute Gasteiger partial charge is 0.378 e. The van der Waals surface area contributed by atoms with E-state index in [0.29, 0.717) is 17.0 Å². The van der Waals surface area contributed by atoms with Gasteiger partial charge in [0.1, 0.15) is 5.82 Å². The summed E-state index contributed by atoms with van der Waals surface area (Å²) >= 11 is 6.16. The van der Waals surface area contributed by atoms with Crippen LogP contribution >= 0.6 is 11.6 Å². The molecule has 0 aromatic carbocycles. The summed E-state index contributed by atoms with van der Waals surface area (Å²) in [7, 11) is 0. The van der Waals surface area contributed by atoms with Gasteiger partial charge in [-0.2, -0.15) is 0 Å². The van der Waals surface area contributed by atoms with Crippen molar-refractivity contribution in [1.29, 1.82) is 0 Å². The van der Waals surface area contributed by atoms with Crippen molar-refractivity contribution in [3.63, 3.8) is 0 Å². The Morgan fingerprint density at radius 3 is 2.70 bits per heavy atom. The van der Waals surface area contributed by atoms with Crippen LogP contribution in [0.25, 0.3) is 0 Å². The molecule has 0 radical (unpaired) electrons. The fourth-order valence-corrected chi connectivity index (χ4v) is 4.45. The zero-order chi connectivity index (χ0) is 16.2. The summed E-state index contributed by atoms with van der Waals surface area (Å²) in [6.45, 7) is 3.27. The third-order valence-electron chi connectivity index (χ3n) is 5.60. The molecule has 0 N–H and O–H groups in total. The van der Waals surface area contributed by atoms with Gasteiger partial charge < -0.3 is 4.74 Å². The monoisotopic (exact) mass is 339 g/mol. The lowest BCUT2D eigenvalue weighted by Crippen LogP contribution is -2.25. The third kappa shape index (κ3) is 4.67. The predicted molar refractivity (Wildman–Crippen MR) is 91.3 cm³/mol. The normalized spacial score (nSPS) is 32.0. The van der Waals surface area contributed by atoms with Gasteiger partial charge in [-0.25, -0.2) is 4.39 Å². The van der Waals surface area contributed by atoms with Crippen LogP contribution in [-0.4, -0.2) is 17.7 Å². The predicted octanol–water partition coefficient (Wildman–Crippen LogP) is 5.74. The van der Waals surface area contributed by atoms with E-state index < -0.39 is 0 Å². The summed E-state index contributed by atoms with van der Waals surface area (Å²) in [5.74, 6) is 1.65. The van der Waals surface area contributed by atoms with Crippen molar-refractivity contribution >= 4 is 11.6 Å². The molecule has 2 aliphatic rings. The quantitative estimate of drug-likeness (QED) is 0.697. The van der Waals surface area contributed by atoms with Crippen LogP contribution in [0.2, 0.25) is 5.02 Å². The van der Waals surface area contributed by atoms with Gasteiger partial charge >= 0.3 is 0 Å². The topological polar surface area (TPSA) is 22.1 Å². The van der Waals surface area contributed by atoms with E-state index in [1.54, 1.807) is 0 Å². The summed E-state index contributed by atoms with van der Waals surface area (Å²) < 4.78 is 19.0. The first-order chi connectivity index (χ1) is 11.1. The molecule has 1 saturated carbocycles.